The third-order valence-corrected chi connectivity index (χ3v) is 4.38. The van der Waals surface area contributed by atoms with Crippen molar-refractivity contribution < 1.29 is 9.21 Å². The van der Waals surface area contributed by atoms with E-state index in [1.54, 1.807) is 11.3 Å². The van der Waals surface area contributed by atoms with E-state index in [0.29, 0.717) is 24.6 Å². The Hall–Kier alpha value is -1.69. The first-order valence-corrected chi connectivity index (χ1v) is 9.27. The number of carbonyl (C=O) groups is 1. The lowest BCUT2D eigenvalue weighted by molar-refractivity contribution is -0.121. The van der Waals surface area contributed by atoms with Gasteiger partial charge in [0, 0.05) is 29.8 Å². The van der Waals surface area contributed by atoms with Gasteiger partial charge in [-0.2, -0.15) is 11.3 Å². The fraction of sp³-hybridized carbons (Fsp3) is 0.588. The van der Waals surface area contributed by atoms with Crippen molar-refractivity contribution in [3.05, 3.63) is 22.7 Å². The minimum absolute atomic E-state index is 0.0447. The van der Waals surface area contributed by atoms with Crippen LogP contribution in [0.2, 0.25) is 0 Å². The average molecular weight is 335 g/mol. The van der Waals surface area contributed by atoms with Gasteiger partial charge in [-0.05, 0) is 24.8 Å². The highest BCUT2D eigenvalue weighted by molar-refractivity contribution is 7.08. The molecule has 0 saturated heterocycles. The van der Waals surface area contributed by atoms with Gasteiger partial charge in [0.1, 0.15) is 0 Å². The first kappa shape index (κ1) is 17.7. The van der Waals surface area contributed by atoms with Gasteiger partial charge in [0.2, 0.25) is 17.7 Å². The smallest absolute Gasteiger partial charge is 0.248 e. The number of nitrogens with zero attached hydrogens (tertiary/aromatic N) is 2. The van der Waals surface area contributed by atoms with Gasteiger partial charge in [-0.15, -0.1) is 10.2 Å². The number of rotatable bonds is 10. The summed E-state index contributed by atoms with van der Waals surface area (Å²) in [7, 11) is 0. The third kappa shape index (κ3) is 6.14. The molecule has 2 rings (SSSR count). The Bertz CT molecular complexity index is 580. The molecule has 0 aliphatic heterocycles. The molecule has 2 aromatic rings. The topological polar surface area (TPSA) is 68.0 Å². The zero-order chi connectivity index (χ0) is 16.5. The fourth-order valence-electron chi connectivity index (χ4n) is 2.37. The predicted octanol–water partition coefficient (Wildman–Crippen LogP) is 4.21. The molecule has 2 aromatic heterocycles. The van der Waals surface area contributed by atoms with Crippen molar-refractivity contribution in [3.63, 3.8) is 0 Å². The Morgan fingerprint density at radius 1 is 1.35 bits per heavy atom. The molecular weight excluding hydrogens is 310 g/mol. The Balaban J connectivity index is 1.68. The van der Waals surface area contributed by atoms with Crippen LogP contribution in [0.5, 0.6) is 0 Å². The maximum Gasteiger partial charge on any atom is 0.248 e. The first-order chi connectivity index (χ1) is 11.2. The number of unbranched alkanes of at least 4 members (excludes halogenated alkanes) is 3. The summed E-state index contributed by atoms with van der Waals surface area (Å²) in [6.45, 7) is 4.26. The standard InChI is InChI=1S/C17H25N3O2S/c1-3-4-5-6-7-13(2)18-15(21)8-9-16-19-20-17(22-16)14-10-11-23-12-14/h10-13H,3-9H2,1-2H3,(H,18,21). The van der Waals surface area contributed by atoms with Crippen LogP contribution in [-0.2, 0) is 11.2 Å². The molecule has 0 aliphatic carbocycles. The van der Waals surface area contributed by atoms with Crippen molar-refractivity contribution >= 4 is 17.2 Å². The van der Waals surface area contributed by atoms with E-state index in [2.05, 4.69) is 29.4 Å². The second kappa shape index (κ2) is 9.45. The van der Waals surface area contributed by atoms with Gasteiger partial charge in [-0.1, -0.05) is 32.6 Å². The number of hydrogen-bond acceptors (Lipinski definition) is 5. The van der Waals surface area contributed by atoms with Crippen LogP contribution in [0.3, 0.4) is 0 Å². The van der Waals surface area contributed by atoms with Gasteiger partial charge >= 0.3 is 0 Å². The number of nitrogens with one attached hydrogen (secondary N) is 1. The Morgan fingerprint density at radius 3 is 2.96 bits per heavy atom. The summed E-state index contributed by atoms with van der Waals surface area (Å²) in [5, 5.41) is 15.0. The summed E-state index contributed by atoms with van der Waals surface area (Å²) in [6, 6.07) is 2.16. The number of hydrogen-bond donors (Lipinski definition) is 1. The second-order valence-electron chi connectivity index (χ2n) is 5.83. The molecule has 126 valence electrons. The molecule has 6 heteroatoms. The van der Waals surface area contributed by atoms with Crippen LogP contribution >= 0.6 is 11.3 Å². The second-order valence-corrected chi connectivity index (χ2v) is 6.61. The highest BCUT2D eigenvalue weighted by Gasteiger charge is 2.12. The van der Waals surface area contributed by atoms with E-state index >= 15 is 0 Å². The van der Waals surface area contributed by atoms with Crippen LogP contribution in [-0.4, -0.2) is 22.1 Å². The van der Waals surface area contributed by atoms with Gasteiger partial charge < -0.3 is 9.73 Å². The molecule has 0 bridgehead atoms. The SMILES string of the molecule is CCCCCCC(C)NC(=O)CCc1nnc(-c2ccsc2)o1. The maximum atomic E-state index is 12.0. The minimum atomic E-state index is 0.0447. The van der Waals surface area contributed by atoms with E-state index in [-0.39, 0.29) is 11.9 Å². The Morgan fingerprint density at radius 2 is 2.22 bits per heavy atom. The van der Waals surface area contributed by atoms with Crippen molar-refractivity contribution in [2.75, 3.05) is 0 Å². The van der Waals surface area contributed by atoms with E-state index in [1.165, 1.54) is 25.7 Å². The van der Waals surface area contributed by atoms with Gasteiger partial charge in [0.15, 0.2) is 0 Å². The van der Waals surface area contributed by atoms with Crippen molar-refractivity contribution in [1.29, 1.82) is 0 Å². The van der Waals surface area contributed by atoms with Gasteiger partial charge in [-0.25, -0.2) is 0 Å². The summed E-state index contributed by atoms with van der Waals surface area (Å²) in [5.41, 5.74) is 0.930. The molecule has 5 nitrogen and oxygen atoms in total. The predicted molar refractivity (Wildman–Crippen MR) is 92.3 cm³/mol. The molecular formula is C17H25N3O2S. The number of thiophene rings is 1. The summed E-state index contributed by atoms with van der Waals surface area (Å²) in [5.74, 6) is 1.08. The number of amides is 1. The summed E-state index contributed by atoms with van der Waals surface area (Å²) < 4.78 is 5.58. The molecule has 0 aromatic carbocycles. The molecule has 23 heavy (non-hydrogen) atoms. The van der Waals surface area contributed by atoms with E-state index < -0.39 is 0 Å². The summed E-state index contributed by atoms with van der Waals surface area (Å²) >= 11 is 1.59. The highest BCUT2D eigenvalue weighted by atomic mass is 32.1. The number of carbonyl (C=O) groups excluding carboxylic acids is 1. The molecule has 1 amide bonds. The van der Waals surface area contributed by atoms with E-state index in [0.717, 1.165) is 12.0 Å². The van der Waals surface area contributed by atoms with Gasteiger partial charge in [-0.3, -0.25) is 4.79 Å². The van der Waals surface area contributed by atoms with E-state index in [4.69, 9.17) is 4.42 Å². The van der Waals surface area contributed by atoms with Crippen LogP contribution in [0.25, 0.3) is 11.5 Å². The maximum absolute atomic E-state index is 12.0. The van der Waals surface area contributed by atoms with Crippen LogP contribution in [0.15, 0.2) is 21.2 Å². The summed E-state index contributed by atoms with van der Waals surface area (Å²) in [6.07, 6.45) is 6.81. The summed E-state index contributed by atoms with van der Waals surface area (Å²) in [4.78, 5) is 12.0. The third-order valence-electron chi connectivity index (χ3n) is 3.70. The monoisotopic (exact) mass is 335 g/mol. The quantitative estimate of drug-likeness (QED) is 0.661. The molecule has 0 aliphatic rings. The highest BCUT2D eigenvalue weighted by Crippen LogP contribution is 2.20. The van der Waals surface area contributed by atoms with E-state index in [1.807, 2.05) is 16.8 Å². The fourth-order valence-corrected chi connectivity index (χ4v) is 3.00. The van der Waals surface area contributed by atoms with Crippen LogP contribution in [0, 0.1) is 0 Å². The average Bonchev–Trinajstić information content (AvgIpc) is 3.20. The molecule has 0 saturated carbocycles. The lowest BCUT2D eigenvalue weighted by atomic mass is 10.1. The molecule has 1 N–H and O–H groups in total. The molecule has 0 spiro atoms. The first-order valence-electron chi connectivity index (χ1n) is 8.33. The molecule has 1 unspecified atom stereocenters. The molecule has 2 heterocycles. The largest absolute Gasteiger partial charge is 0.421 e. The van der Waals surface area contributed by atoms with Crippen LogP contribution in [0.4, 0.5) is 0 Å². The number of aromatic nitrogens is 2. The zero-order valence-electron chi connectivity index (χ0n) is 13.9. The van der Waals surface area contributed by atoms with E-state index in [9.17, 15) is 4.79 Å². The van der Waals surface area contributed by atoms with Crippen molar-refractivity contribution in [3.8, 4) is 11.5 Å². The molecule has 0 fully saturated rings. The molecule has 1 atom stereocenters. The normalized spacial score (nSPS) is 12.3. The Kier molecular flexibility index (Phi) is 7.26. The van der Waals surface area contributed by atoms with Crippen LogP contribution < -0.4 is 5.32 Å². The molecule has 0 radical (unpaired) electrons. The van der Waals surface area contributed by atoms with Gasteiger partial charge in [0.05, 0.1) is 0 Å². The Labute approximate surface area is 141 Å². The van der Waals surface area contributed by atoms with Crippen LogP contribution in [0.1, 0.15) is 58.3 Å². The van der Waals surface area contributed by atoms with Crippen molar-refractivity contribution in [2.24, 2.45) is 0 Å². The van der Waals surface area contributed by atoms with Crippen molar-refractivity contribution in [2.45, 2.75) is 64.8 Å². The number of aryl methyl sites for hydroxylation is 1. The van der Waals surface area contributed by atoms with Crippen molar-refractivity contribution in [1.82, 2.24) is 15.5 Å². The van der Waals surface area contributed by atoms with Gasteiger partial charge in [0.25, 0.3) is 0 Å². The minimum Gasteiger partial charge on any atom is -0.421 e. The lowest BCUT2D eigenvalue weighted by Crippen LogP contribution is -2.32. The lowest BCUT2D eigenvalue weighted by Gasteiger charge is -2.13. The zero-order valence-corrected chi connectivity index (χ0v) is 14.7.